The van der Waals surface area contributed by atoms with Gasteiger partial charge in [-0.15, -0.1) is 0 Å². The molecule has 1 aliphatic heterocycles. The molecule has 2 fully saturated rings. The van der Waals surface area contributed by atoms with Crippen molar-refractivity contribution in [1.82, 2.24) is 10.2 Å². The lowest BCUT2D eigenvalue weighted by Gasteiger charge is -2.31. The molecule has 0 spiro atoms. The van der Waals surface area contributed by atoms with Crippen molar-refractivity contribution in [3.05, 3.63) is 0 Å². The van der Waals surface area contributed by atoms with Gasteiger partial charge in [0, 0.05) is 12.6 Å². The van der Waals surface area contributed by atoms with E-state index in [0.29, 0.717) is 6.04 Å². The zero-order valence-corrected chi connectivity index (χ0v) is 8.20. The summed E-state index contributed by atoms with van der Waals surface area (Å²) < 4.78 is 0. The van der Waals surface area contributed by atoms with Crippen molar-refractivity contribution in [2.75, 3.05) is 6.54 Å². The van der Waals surface area contributed by atoms with Gasteiger partial charge in [-0.3, -0.25) is 0 Å². The van der Waals surface area contributed by atoms with Gasteiger partial charge in [-0.05, 0) is 32.1 Å². The fourth-order valence-electron chi connectivity index (χ4n) is 1.79. The summed E-state index contributed by atoms with van der Waals surface area (Å²) in [7, 11) is 0. The highest BCUT2D eigenvalue weighted by Gasteiger charge is 2.30. The van der Waals surface area contributed by atoms with Gasteiger partial charge in [0.05, 0.1) is 6.07 Å². The quantitative estimate of drug-likeness (QED) is 0.681. The van der Waals surface area contributed by atoms with Crippen LogP contribution in [0.2, 0.25) is 0 Å². The van der Waals surface area contributed by atoms with Crippen molar-refractivity contribution in [2.24, 2.45) is 0 Å². The van der Waals surface area contributed by atoms with E-state index in [1.165, 1.54) is 0 Å². The fraction of sp³-hybridized carbons (Fsp3) is 0.800. The number of hydrogen-bond donors (Lipinski definition) is 1. The first kappa shape index (κ1) is 9.32. The van der Waals surface area contributed by atoms with Crippen molar-refractivity contribution in [1.29, 1.82) is 5.26 Å². The van der Waals surface area contributed by atoms with Crippen molar-refractivity contribution >= 4 is 6.03 Å². The Balaban J connectivity index is 1.92. The van der Waals surface area contributed by atoms with Crippen molar-refractivity contribution in [3.8, 4) is 6.07 Å². The lowest BCUT2D eigenvalue weighted by atomic mass is 10.0. The smallest absolute Gasteiger partial charge is 0.318 e. The van der Waals surface area contributed by atoms with Crippen LogP contribution in [0.3, 0.4) is 0 Å². The Kier molecular flexibility index (Phi) is 2.58. The van der Waals surface area contributed by atoms with Gasteiger partial charge in [0.2, 0.25) is 0 Å². The summed E-state index contributed by atoms with van der Waals surface area (Å²) in [4.78, 5) is 13.4. The third-order valence-corrected chi connectivity index (χ3v) is 2.82. The fourth-order valence-corrected chi connectivity index (χ4v) is 1.79. The lowest BCUT2D eigenvalue weighted by molar-refractivity contribution is 0.169. The summed E-state index contributed by atoms with van der Waals surface area (Å²) in [5, 5.41) is 11.8. The van der Waals surface area contributed by atoms with E-state index in [4.69, 9.17) is 5.26 Å². The number of piperidine rings is 1. The number of urea groups is 1. The van der Waals surface area contributed by atoms with Crippen molar-refractivity contribution < 1.29 is 4.79 Å². The van der Waals surface area contributed by atoms with E-state index in [0.717, 1.165) is 38.6 Å². The van der Waals surface area contributed by atoms with Crippen LogP contribution in [0.1, 0.15) is 32.1 Å². The van der Waals surface area contributed by atoms with Crippen LogP contribution >= 0.6 is 0 Å². The number of hydrogen-bond acceptors (Lipinski definition) is 2. The molecule has 1 unspecified atom stereocenters. The van der Waals surface area contributed by atoms with Crippen molar-refractivity contribution in [2.45, 2.75) is 44.2 Å². The number of nitriles is 1. The average molecular weight is 193 g/mol. The minimum atomic E-state index is -0.206. The molecule has 2 rings (SSSR count). The Bertz CT molecular complexity index is 267. The van der Waals surface area contributed by atoms with E-state index in [1.54, 1.807) is 4.90 Å². The monoisotopic (exact) mass is 193 g/mol. The number of likely N-dealkylation sites (tertiary alicyclic amines) is 1. The molecule has 0 bridgehead atoms. The van der Waals surface area contributed by atoms with Crippen LogP contribution in [0.5, 0.6) is 0 Å². The number of amides is 2. The third kappa shape index (κ3) is 1.98. The summed E-state index contributed by atoms with van der Waals surface area (Å²) in [6.07, 6.45) is 5.10. The Morgan fingerprint density at radius 1 is 1.36 bits per heavy atom. The molecular formula is C10H15N3O. The molecule has 1 N–H and O–H groups in total. The van der Waals surface area contributed by atoms with Gasteiger partial charge in [-0.1, -0.05) is 0 Å². The molecule has 1 saturated carbocycles. The predicted octanol–water partition coefficient (Wildman–Crippen LogP) is 1.24. The maximum absolute atomic E-state index is 11.7. The minimum Gasteiger partial charge on any atom is -0.335 e. The van der Waals surface area contributed by atoms with E-state index >= 15 is 0 Å². The van der Waals surface area contributed by atoms with Crippen LogP contribution in [0, 0.1) is 11.3 Å². The van der Waals surface area contributed by atoms with E-state index < -0.39 is 0 Å². The molecule has 1 heterocycles. The normalized spacial score (nSPS) is 26.8. The molecule has 0 aromatic heterocycles. The standard InChI is InChI=1S/C10H15N3O/c11-7-9-3-1-2-6-13(9)10(14)12-8-4-5-8/h8-9H,1-6H2,(H,12,14). The van der Waals surface area contributed by atoms with E-state index in [9.17, 15) is 4.79 Å². The van der Waals surface area contributed by atoms with E-state index in [-0.39, 0.29) is 12.1 Å². The summed E-state index contributed by atoms with van der Waals surface area (Å²) in [6.45, 7) is 0.733. The molecule has 4 nitrogen and oxygen atoms in total. The highest BCUT2D eigenvalue weighted by atomic mass is 16.2. The molecule has 14 heavy (non-hydrogen) atoms. The SMILES string of the molecule is N#CC1CCCCN1C(=O)NC1CC1. The first-order valence-corrected chi connectivity index (χ1v) is 5.28. The molecule has 1 aliphatic carbocycles. The molecular weight excluding hydrogens is 178 g/mol. The highest BCUT2D eigenvalue weighted by molar-refractivity contribution is 5.75. The second-order valence-electron chi connectivity index (χ2n) is 4.06. The number of carbonyl (C=O) groups excluding carboxylic acids is 1. The Morgan fingerprint density at radius 2 is 2.14 bits per heavy atom. The first-order valence-electron chi connectivity index (χ1n) is 5.28. The van der Waals surface area contributed by atoms with Crippen LogP contribution in [0.25, 0.3) is 0 Å². The Morgan fingerprint density at radius 3 is 2.79 bits per heavy atom. The maximum atomic E-state index is 11.7. The molecule has 2 aliphatic rings. The van der Waals surface area contributed by atoms with Crippen LogP contribution in [0.15, 0.2) is 0 Å². The number of rotatable bonds is 1. The molecule has 1 atom stereocenters. The zero-order valence-electron chi connectivity index (χ0n) is 8.20. The average Bonchev–Trinajstić information content (AvgIpc) is 3.01. The number of carbonyl (C=O) groups is 1. The van der Waals surface area contributed by atoms with Crippen molar-refractivity contribution in [3.63, 3.8) is 0 Å². The maximum Gasteiger partial charge on any atom is 0.318 e. The van der Waals surface area contributed by atoms with E-state index in [1.807, 2.05) is 0 Å². The molecule has 76 valence electrons. The van der Waals surface area contributed by atoms with Crippen LogP contribution in [0.4, 0.5) is 4.79 Å². The second-order valence-corrected chi connectivity index (χ2v) is 4.06. The largest absolute Gasteiger partial charge is 0.335 e. The van der Waals surface area contributed by atoms with Crippen LogP contribution in [-0.4, -0.2) is 29.6 Å². The van der Waals surface area contributed by atoms with Gasteiger partial charge in [0.15, 0.2) is 0 Å². The second kappa shape index (κ2) is 3.87. The molecule has 2 amide bonds. The van der Waals surface area contributed by atoms with Gasteiger partial charge in [-0.25, -0.2) is 4.79 Å². The lowest BCUT2D eigenvalue weighted by Crippen LogP contribution is -2.48. The van der Waals surface area contributed by atoms with Gasteiger partial charge in [0.25, 0.3) is 0 Å². The molecule has 0 radical (unpaired) electrons. The summed E-state index contributed by atoms with van der Waals surface area (Å²) >= 11 is 0. The van der Waals surface area contributed by atoms with Gasteiger partial charge < -0.3 is 10.2 Å². The number of nitrogens with one attached hydrogen (secondary N) is 1. The third-order valence-electron chi connectivity index (χ3n) is 2.82. The molecule has 1 saturated heterocycles. The summed E-state index contributed by atoms with van der Waals surface area (Å²) in [5.41, 5.74) is 0. The predicted molar refractivity (Wildman–Crippen MR) is 51.5 cm³/mol. The van der Waals surface area contributed by atoms with Crippen LogP contribution < -0.4 is 5.32 Å². The minimum absolute atomic E-state index is 0.0428. The molecule has 4 heteroatoms. The summed E-state index contributed by atoms with van der Waals surface area (Å²) in [6, 6.07) is 2.32. The van der Waals surface area contributed by atoms with Gasteiger partial charge >= 0.3 is 6.03 Å². The highest BCUT2D eigenvalue weighted by Crippen LogP contribution is 2.21. The van der Waals surface area contributed by atoms with Crippen LogP contribution in [-0.2, 0) is 0 Å². The first-order chi connectivity index (χ1) is 6.81. The van der Waals surface area contributed by atoms with E-state index in [2.05, 4.69) is 11.4 Å². The molecule has 0 aromatic rings. The van der Waals surface area contributed by atoms with Gasteiger partial charge in [-0.2, -0.15) is 5.26 Å². The Labute approximate surface area is 83.9 Å². The summed E-state index contributed by atoms with van der Waals surface area (Å²) in [5.74, 6) is 0. The topological polar surface area (TPSA) is 56.1 Å². The number of nitrogens with zero attached hydrogens (tertiary/aromatic N) is 2. The Hall–Kier alpha value is -1.24. The zero-order chi connectivity index (χ0) is 9.97. The molecule has 0 aromatic carbocycles. The van der Waals surface area contributed by atoms with Gasteiger partial charge in [0.1, 0.15) is 6.04 Å².